The fourth-order valence-electron chi connectivity index (χ4n) is 2.03. The van der Waals surface area contributed by atoms with E-state index in [1.54, 1.807) is 7.05 Å². The third-order valence-corrected chi connectivity index (χ3v) is 3.33. The first-order valence-electron chi connectivity index (χ1n) is 7.73. The molecule has 0 saturated heterocycles. The van der Waals surface area contributed by atoms with Crippen LogP contribution in [0.3, 0.4) is 0 Å². The van der Waals surface area contributed by atoms with E-state index >= 15 is 0 Å². The van der Waals surface area contributed by atoms with Crippen LogP contribution in [0.2, 0.25) is 0 Å². The van der Waals surface area contributed by atoms with E-state index in [2.05, 4.69) is 15.0 Å². The van der Waals surface area contributed by atoms with Gasteiger partial charge in [0, 0.05) is 20.0 Å². The standard InChI is InChI=1S/C15H31N3O2/c1-17-15(16)18-13-11-9-7-5-3-4-6-8-10-12-14(19)20-2/h3-13H2,1-2H3,(H3,16,17,18). The summed E-state index contributed by atoms with van der Waals surface area (Å²) in [7, 11) is 3.13. The van der Waals surface area contributed by atoms with Gasteiger partial charge >= 0.3 is 5.97 Å². The summed E-state index contributed by atoms with van der Waals surface area (Å²) >= 11 is 0. The molecule has 0 heterocycles. The first-order chi connectivity index (χ1) is 9.70. The van der Waals surface area contributed by atoms with Gasteiger partial charge in [0.2, 0.25) is 0 Å². The number of nitrogens with two attached hydrogens (primary N) is 1. The van der Waals surface area contributed by atoms with Gasteiger partial charge in [-0.15, -0.1) is 0 Å². The Labute approximate surface area is 123 Å². The fraction of sp³-hybridized carbons (Fsp3) is 0.867. The molecule has 0 radical (unpaired) electrons. The molecule has 5 nitrogen and oxygen atoms in total. The molecule has 3 N–H and O–H groups in total. The summed E-state index contributed by atoms with van der Waals surface area (Å²) in [6, 6.07) is 0. The number of methoxy groups -OCH3 is 1. The molecule has 0 aromatic rings. The lowest BCUT2D eigenvalue weighted by Gasteiger charge is -2.05. The zero-order valence-electron chi connectivity index (χ0n) is 13.1. The van der Waals surface area contributed by atoms with Crippen LogP contribution >= 0.6 is 0 Å². The van der Waals surface area contributed by atoms with Gasteiger partial charge < -0.3 is 15.8 Å². The number of guanidine groups is 1. The first kappa shape index (κ1) is 18.7. The molecule has 0 aliphatic carbocycles. The third-order valence-electron chi connectivity index (χ3n) is 3.33. The maximum Gasteiger partial charge on any atom is 0.305 e. The molecule has 0 aromatic carbocycles. The summed E-state index contributed by atoms with van der Waals surface area (Å²) in [5.41, 5.74) is 5.53. The second kappa shape index (κ2) is 14.2. The topological polar surface area (TPSA) is 76.7 Å². The van der Waals surface area contributed by atoms with E-state index < -0.39 is 0 Å². The first-order valence-corrected chi connectivity index (χ1v) is 7.73. The van der Waals surface area contributed by atoms with E-state index in [9.17, 15) is 4.79 Å². The van der Waals surface area contributed by atoms with Crippen molar-refractivity contribution in [3.8, 4) is 0 Å². The van der Waals surface area contributed by atoms with Gasteiger partial charge in [0.25, 0.3) is 0 Å². The zero-order valence-corrected chi connectivity index (χ0v) is 13.1. The molecule has 0 aliphatic heterocycles. The summed E-state index contributed by atoms with van der Waals surface area (Å²) in [6.45, 7) is 0.913. The van der Waals surface area contributed by atoms with Crippen LogP contribution in [0.25, 0.3) is 0 Å². The highest BCUT2D eigenvalue weighted by Crippen LogP contribution is 2.10. The van der Waals surface area contributed by atoms with Crippen LogP contribution in [0.5, 0.6) is 0 Å². The van der Waals surface area contributed by atoms with E-state index in [0.717, 1.165) is 25.8 Å². The number of aliphatic imine (C=N–C) groups is 1. The molecule has 118 valence electrons. The minimum atomic E-state index is -0.0904. The highest BCUT2D eigenvalue weighted by Gasteiger charge is 1.99. The van der Waals surface area contributed by atoms with Gasteiger partial charge in [0.1, 0.15) is 0 Å². The highest BCUT2D eigenvalue weighted by atomic mass is 16.5. The monoisotopic (exact) mass is 285 g/mol. The van der Waals surface area contributed by atoms with Crippen LogP contribution in [0, 0.1) is 0 Å². The molecule has 20 heavy (non-hydrogen) atoms. The molecule has 0 amide bonds. The molecule has 5 heteroatoms. The molecule has 0 saturated carbocycles. The normalized spacial score (nSPS) is 11.4. The maximum atomic E-state index is 10.9. The lowest BCUT2D eigenvalue weighted by Crippen LogP contribution is -2.31. The van der Waals surface area contributed by atoms with Gasteiger partial charge in [0.15, 0.2) is 5.96 Å². The zero-order chi connectivity index (χ0) is 15.1. The van der Waals surface area contributed by atoms with Crippen molar-refractivity contribution in [2.45, 2.75) is 64.2 Å². The minimum Gasteiger partial charge on any atom is -0.469 e. The summed E-state index contributed by atoms with van der Waals surface area (Å²) in [4.78, 5) is 14.7. The second-order valence-electron chi connectivity index (χ2n) is 5.04. The van der Waals surface area contributed by atoms with Crippen LogP contribution in [0.15, 0.2) is 4.99 Å². The SMILES string of the molecule is CN=C(N)NCCCCCCCCCCCC(=O)OC. The van der Waals surface area contributed by atoms with Crippen molar-refractivity contribution in [2.75, 3.05) is 20.7 Å². The number of nitrogens with zero attached hydrogens (tertiary/aromatic N) is 1. The van der Waals surface area contributed by atoms with Gasteiger partial charge in [0.05, 0.1) is 7.11 Å². The summed E-state index contributed by atoms with van der Waals surface area (Å²) < 4.78 is 4.60. The smallest absolute Gasteiger partial charge is 0.305 e. The van der Waals surface area contributed by atoms with E-state index in [4.69, 9.17) is 5.73 Å². The van der Waals surface area contributed by atoms with Crippen LogP contribution in [-0.4, -0.2) is 32.6 Å². The molecule has 0 atom stereocenters. The number of esters is 1. The van der Waals surface area contributed by atoms with Gasteiger partial charge in [-0.2, -0.15) is 0 Å². The number of rotatable bonds is 12. The number of carbonyl (C=O) groups is 1. The minimum absolute atomic E-state index is 0.0904. The molecule has 0 spiro atoms. The Morgan fingerprint density at radius 3 is 2.00 bits per heavy atom. The van der Waals surface area contributed by atoms with E-state index in [1.807, 2.05) is 0 Å². The number of nitrogens with one attached hydrogen (secondary N) is 1. The summed E-state index contributed by atoms with van der Waals surface area (Å²) in [6.07, 6.45) is 11.4. The van der Waals surface area contributed by atoms with Crippen molar-refractivity contribution >= 4 is 11.9 Å². The number of carbonyl (C=O) groups excluding carboxylic acids is 1. The van der Waals surface area contributed by atoms with Crippen molar-refractivity contribution in [3.05, 3.63) is 0 Å². The molecule has 0 bridgehead atoms. The van der Waals surface area contributed by atoms with Crippen molar-refractivity contribution in [1.82, 2.24) is 5.32 Å². The van der Waals surface area contributed by atoms with Crippen LogP contribution in [0.1, 0.15) is 64.2 Å². The Hall–Kier alpha value is -1.26. The average molecular weight is 285 g/mol. The third kappa shape index (κ3) is 13.2. The Kier molecular flexibility index (Phi) is 13.3. The lowest BCUT2D eigenvalue weighted by molar-refractivity contribution is -0.140. The molecule has 0 rings (SSSR count). The van der Waals surface area contributed by atoms with Crippen LogP contribution in [0.4, 0.5) is 0 Å². The number of unbranched alkanes of at least 4 members (excludes halogenated alkanes) is 8. The van der Waals surface area contributed by atoms with Crippen molar-refractivity contribution in [2.24, 2.45) is 10.7 Å². The van der Waals surface area contributed by atoms with Gasteiger partial charge in [-0.05, 0) is 12.8 Å². The maximum absolute atomic E-state index is 10.9. The van der Waals surface area contributed by atoms with E-state index in [-0.39, 0.29) is 5.97 Å². The van der Waals surface area contributed by atoms with E-state index in [0.29, 0.717) is 12.4 Å². The highest BCUT2D eigenvalue weighted by molar-refractivity contribution is 5.77. The largest absolute Gasteiger partial charge is 0.469 e. The van der Waals surface area contributed by atoms with Crippen molar-refractivity contribution in [1.29, 1.82) is 0 Å². The van der Waals surface area contributed by atoms with Crippen molar-refractivity contribution < 1.29 is 9.53 Å². The summed E-state index contributed by atoms with van der Waals surface area (Å²) in [5.74, 6) is 0.435. The van der Waals surface area contributed by atoms with Gasteiger partial charge in [-0.25, -0.2) is 0 Å². The predicted octanol–water partition coefficient (Wildman–Crippen LogP) is 2.59. The molecule has 0 unspecified atom stereocenters. The van der Waals surface area contributed by atoms with Gasteiger partial charge in [-0.3, -0.25) is 9.79 Å². The molecular weight excluding hydrogens is 254 g/mol. The Balaban J connectivity index is 3.08. The molecule has 0 aromatic heterocycles. The predicted molar refractivity (Wildman–Crippen MR) is 83.7 cm³/mol. The number of hydrogen-bond donors (Lipinski definition) is 2. The Morgan fingerprint density at radius 2 is 1.50 bits per heavy atom. The summed E-state index contributed by atoms with van der Waals surface area (Å²) in [5, 5.41) is 3.06. The number of hydrogen-bond acceptors (Lipinski definition) is 3. The van der Waals surface area contributed by atoms with Crippen LogP contribution < -0.4 is 11.1 Å². The van der Waals surface area contributed by atoms with E-state index in [1.165, 1.54) is 45.6 Å². The number of ether oxygens (including phenoxy) is 1. The van der Waals surface area contributed by atoms with Crippen LogP contribution in [-0.2, 0) is 9.53 Å². The molecule has 0 aliphatic rings. The Morgan fingerprint density at radius 1 is 1.00 bits per heavy atom. The fourth-order valence-corrected chi connectivity index (χ4v) is 2.03. The van der Waals surface area contributed by atoms with Crippen molar-refractivity contribution in [3.63, 3.8) is 0 Å². The molecule has 0 fully saturated rings. The quantitative estimate of drug-likeness (QED) is 0.250. The molecular formula is C15H31N3O2. The second-order valence-corrected chi connectivity index (χ2v) is 5.04. The Bertz CT molecular complexity index is 268. The lowest BCUT2D eigenvalue weighted by atomic mass is 10.1. The van der Waals surface area contributed by atoms with Gasteiger partial charge in [-0.1, -0.05) is 44.9 Å². The average Bonchev–Trinajstić information content (AvgIpc) is 2.47.